The van der Waals surface area contributed by atoms with Gasteiger partial charge in [0.25, 0.3) is 5.91 Å². The van der Waals surface area contributed by atoms with Crippen LogP contribution in [0, 0.1) is 12.7 Å². The van der Waals surface area contributed by atoms with Crippen LogP contribution in [0.4, 0.5) is 14.9 Å². The van der Waals surface area contributed by atoms with Crippen molar-refractivity contribution in [1.82, 2.24) is 10.2 Å². The summed E-state index contributed by atoms with van der Waals surface area (Å²) in [7, 11) is 3.12. The van der Waals surface area contributed by atoms with Gasteiger partial charge >= 0.3 is 6.03 Å². The van der Waals surface area contributed by atoms with Crippen LogP contribution in [-0.4, -0.2) is 50.2 Å². The van der Waals surface area contributed by atoms with E-state index in [1.807, 2.05) is 6.92 Å². The Hall–Kier alpha value is -3.29. The van der Waals surface area contributed by atoms with Gasteiger partial charge in [-0.2, -0.15) is 0 Å². The fourth-order valence-electron chi connectivity index (χ4n) is 3.50. The Balaban J connectivity index is 1.55. The van der Waals surface area contributed by atoms with Crippen molar-refractivity contribution < 1.29 is 23.5 Å². The van der Waals surface area contributed by atoms with E-state index >= 15 is 0 Å². The second-order valence-electron chi connectivity index (χ2n) is 7.18. The van der Waals surface area contributed by atoms with E-state index in [1.165, 1.54) is 24.3 Å². The van der Waals surface area contributed by atoms with Crippen molar-refractivity contribution in [3.8, 4) is 11.5 Å². The Labute approximate surface area is 175 Å². The highest BCUT2D eigenvalue weighted by atomic mass is 19.1. The number of carbonyl (C=O) groups is 2. The van der Waals surface area contributed by atoms with Gasteiger partial charge in [0.15, 0.2) is 0 Å². The lowest BCUT2D eigenvalue weighted by atomic mass is 10.0. The molecule has 0 radical (unpaired) electrons. The minimum atomic E-state index is -0.359. The molecular formula is C22H26FN3O4. The van der Waals surface area contributed by atoms with Crippen LogP contribution in [0.5, 0.6) is 11.5 Å². The zero-order valence-corrected chi connectivity index (χ0v) is 17.3. The molecule has 2 aromatic rings. The molecule has 1 saturated heterocycles. The molecule has 160 valence electrons. The number of halogens is 1. The molecule has 2 N–H and O–H groups in total. The lowest BCUT2D eigenvalue weighted by molar-refractivity contribution is 0.0708. The number of hydrogen-bond acceptors (Lipinski definition) is 4. The number of amides is 3. The maximum Gasteiger partial charge on any atom is 0.319 e. The van der Waals surface area contributed by atoms with Gasteiger partial charge in [0, 0.05) is 35.9 Å². The van der Waals surface area contributed by atoms with E-state index in [0.717, 1.165) is 5.56 Å². The molecule has 3 amide bonds. The number of rotatable bonds is 5. The van der Waals surface area contributed by atoms with Crippen molar-refractivity contribution in [3.05, 3.63) is 53.3 Å². The molecule has 1 aliphatic rings. The second kappa shape index (κ2) is 9.47. The van der Waals surface area contributed by atoms with Crippen molar-refractivity contribution in [1.29, 1.82) is 0 Å². The Morgan fingerprint density at radius 1 is 1.03 bits per heavy atom. The zero-order chi connectivity index (χ0) is 21.7. The highest BCUT2D eigenvalue weighted by Gasteiger charge is 2.26. The van der Waals surface area contributed by atoms with Gasteiger partial charge in [-0.3, -0.25) is 4.79 Å². The molecule has 1 aliphatic heterocycles. The Morgan fingerprint density at radius 2 is 1.60 bits per heavy atom. The average molecular weight is 415 g/mol. The van der Waals surface area contributed by atoms with Gasteiger partial charge in [0.1, 0.15) is 17.3 Å². The van der Waals surface area contributed by atoms with E-state index in [9.17, 15) is 14.0 Å². The summed E-state index contributed by atoms with van der Waals surface area (Å²) in [6.07, 6.45) is 1.28. The fourth-order valence-corrected chi connectivity index (χ4v) is 3.50. The fraction of sp³-hybridized carbons (Fsp3) is 0.364. The van der Waals surface area contributed by atoms with Crippen LogP contribution in [0.15, 0.2) is 36.4 Å². The summed E-state index contributed by atoms with van der Waals surface area (Å²) in [5.74, 6) is 0.751. The zero-order valence-electron chi connectivity index (χ0n) is 17.3. The van der Waals surface area contributed by atoms with Gasteiger partial charge in [0.2, 0.25) is 0 Å². The topological polar surface area (TPSA) is 79.9 Å². The van der Waals surface area contributed by atoms with Gasteiger partial charge in [-0.05, 0) is 56.2 Å². The standard InChI is InChI=1S/C22H26FN3O4/c1-14-19(29-2)12-15(13-20(14)30-3)21(27)26-10-8-18(9-11-26)25-22(28)24-17-6-4-16(23)5-7-17/h4-7,12-13,18H,8-11H2,1-3H3,(H2,24,25,28). The van der Waals surface area contributed by atoms with Gasteiger partial charge in [0.05, 0.1) is 14.2 Å². The second-order valence-corrected chi connectivity index (χ2v) is 7.18. The van der Waals surface area contributed by atoms with E-state index in [0.29, 0.717) is 48.7 Å². The third-order valence-electron chi connectivity index (χ3n) is 5.22. The molecule has 1 fully saturated rings. The normalized spacial score (nSPS) is 14.2. The smallest absolute Gasteiger partial charge is 0.319 e. The van der Waals surface area contributed by atoms with E-state index in [4.69, 9.17) is 9.47 Å². The molecule has 0 aromatic heterocycles. The lowest BCUT2D eigenvalue weighted by Crippen LogP contribution is -2.47. The predicted molar refractivity (Wildman–Crippen MR) is 112 cm³/mol. The molecular weight excluding hydrogens is 389 g/mol. The Morgan fingerprint density at radius 3 is 2.13 bits per heavy atom. The molecule has 0 atom stereocenters. The van der Waals surface area contributed by atoms with Crippen LogP contribution in [-0.2, 0) is 0 Å². The third-order valence-corrected chi connectivity index (χ3v) is 5.22. The molecule has 8 heteroatoms. The molecule has 0 bridgehead atoms. The number of methoxy groups -OCH3 is 2. The number of benzene rings is 2. The number of carbonyl (C=O) groups excluding carboxylic acids is 2. The van der Waals surface area contributed by atoms with Gasteiger partial charge in [-0.25, -0.2) is 9.18 Å². The van der Waals surface area contributed by atoms with Crippen LogP contribution in [0.2, 0.25) is 0 Å². The first-order valence-electron chi connectivity index (χ1n) is 9.76. The first kappa shape index (κ1) is 21.4. The summed E-state index contributed by atoms with van der Waals surface area (Å²) in [4.78, 5) is 26.8. The molecule has 0 saturated carbocycles. The van der Waals surface area contributed by atoms with Crippen LogP contribution in [0.3, 0.4) is 0 Å². The molecule has 0 unspecified atom stereocenters. The van der Waals surface area contributed by atoms with Crippen molar-refractivity contribution in [2.75, 3.05) is 32.6 Å². The third kappa shape index (κ3) is 5.00. The number of nitrogens with zero attached hydrogens (tertiary/aromatic N) is 1. The molecule has 0 spiro atoms. The number of ether oxygens (including phenoxy) is 2. The summed E-state index contributed by atoms with van der Waals surface area (Å²) >= 11 is 0. The molecule has 2 aromatic carbocycles. The van der Waals surface area contributed by atoms with Crippen molar-refractivity contribution in [2.45, 2.75) is 25.8 Å². The highest BCUT2D eigenvalue weighted by molar-refractivity contribution is 5.95. The first-order valence-corrected chi connectivity index (χ1v) is 9.76. The summed E-state index contributed by atoms with van der Waals surface area (Å²) in [6, 6.07) is 8.63. The molecule has 1 heterocycles. The van der Waals surface area contributed by atoms with E-state index in [2.05, 4.69) is 10.6 Å². The SMILES string of the molecule is COc1cc(C(=O)N2CCC(NC(=O)Nc3ccc(F)cc3)CC2)cc(OC)c1C. The van der Waals surface area contributed by atoms with E-state index < -0.39 is 0 Å². The van der Waals surface area contributed by atoms with Crippen molar-refractivity contribution in [3.63, 3.8) is 0 Å². The number of nitrogens with one attached hydrogen (secondary N) is 2. The number of anilines is 1. The van der Waals surface area contributed by atoms with Crippen LogP contribution in [0.25, 0.3) is 0 Å². The van der Waals surface area contributed by atoms with Crippen molar-refractivity contribution in [2.24, 2.45) is 0 Å². The molecule has 3 rings (SSSR count). The number of hydrogen-bond donors (Lipinski definition) is 2. The minimum Gasteiger partial charge on any atom is -0.496 e. The lowest BCUT2D eigenvalue weighted by Gasteiger charge is -2.32. The van der Waals surface area contributed by atoms with E-state index in [1.54, 1.807) is 31.3 Å². The molecule has 7 nitrogen and oxygen atoms in total. The summed E-state index contributed by atoms with van der Waals surface area (Å²) in [5, 5.41) is 5.59. The maximum atomic E-state index is 13.0. The summed E-state index contributed by atoms with van der Waals surface area (Å²) in [6.45, 7) is 2.93. The Kier molecular flexibility index (Phi) is 6.76. The van der Waals surface area contributed by atoms with Crippen molar-refractivity contribution >= 4 is 17.6 Å². The highest BCUT2D eigenvalue weighted by Crippen LogP contribution is 2.30. The van der Waals surface area contributed by atoms with E-state index in [-0.39, 0.29) is 23.8 Å². The van der Waals surface area contributed by atoms with Crippen LogP contribution in [0.1, 0.15) is 28.8 Å². The Bertz CT molecular complexity index is 884. The molecule has 0 aliphatic carbocycles. The summed E-state index contributed by atoms with van der Waals surface area (Å²) in [5.41, 5.74) is 1.87. The quantitative estimate of drug-likeness (QED) is 0.782. The minimum absolute atomic E-state index is 0.0448. The molecule has 30 heavy (non-hydrogen) atoms. The monoisotopic (exact) mass is 415 g/mol. The average Bonchev–Trinajstić information content (AvgIpc) is 2.75. The van der Waals surface area contributed by atoms with Crippen LogP contribution < -0.4 is 20.1 Å². The summed E-state index contributed by atoms with van der Waals surface area (Å²) < 4.78 is 23.7. The van der Waals surface area contributed by atoms with Gasteiger partial charge in [-0.1, -0.05) is 0 Å². The number of piperidine rings is 1. The maximum absolute atomic E-state index is 13.0. The number of urea groups is 1. The number of likely N-dealkylation sites (tertiary alicyclic amines) is 1. The van der Waals surface area contributed by atoms with Gasteiger partial charge in [-0.15, -0.1) is 0 Å². The largest absolute Gasteiger partial charge is 0.496 e. The first-order chi connectivity index (χ1) is 14.4. The van der Waals surface area contributed by atoms with Crippen LogP contribution >= 0.6 is 0 Å². The van der Waals surface area contributed by atoms with Gasteiger partial charge < -0.3 is 25.0 Å². The predicted octanol–water partition coefficient (Wildman–Crippen LogP) is 3.58.